The first-order chi connectivity index (χ1) is 12.0. The molecule has 3 nitrogen and oxygen atoms in total. The van der Waals surface area contributed by atoms with Crippen LogP contribution >= 0.6 is 0 Å². The van der Waals surface area contributed by atoms with Gasteiger partial charge in [-0.1, -0.05) is 56.3 Å². The van der Waals surface area contributed by atoms with Crippen molar-refractivity contribution in [2.45, 2.75) is 38.1 Å². The molecular formula is C22H30N2O. The minimum atomic E-state index is 0.110. The molecule has 3 N–H and O–H groups in total. The molecule has 0 unspecified atom stereocenters. The monoisotopic (exact) mass is 338 g/mol. The second kappa shape index (κ2) is 7.59. The summed E-state index contributed by atoms with van der Waals surface area (Å²) < 4.78 is 0. The molecule has 0 spiro atoms. The molecule has 0 bridgehead atoms. The third-order valence-electron chi connectivity index (χ3n) is 5.91. The quantitative estimate of drug-likeness (QED) is 0.876. The molecule has 0 radical (unpaired) electrons. The smallest absolute Gasteiger partial charge is 0.115 e. The summed E-state index contributed by atoms with van der Waals surface area (Å²) in [6.45, 7) is 7.69. The summed E-state index contributed by atoms with van der Waals surface area (Å²) in [5.41, 5.74) is 9.07. The number of likely N-dealkylation sites (tertiary alicyclic amines) is 1. The highest BCUT2D eigenvalue weighted by Crippen LogP contribution is 2.40. The van der Waals surface area contributed by atoms with Crippen LogP contribution in [0, 0.1) is 5.92 Å². The molecule has 0 aromatic heterocycles. The van der Waals surface area contributed by atoms with Crippen molar-refractivity contribution >= 4 is 0 Å². The van der Waals surface area contributed by atoms with Crippen molar-refractivity contribution in [1.29, 1.82) is 0 Å². The van der Waals surface area contributed by atoms with Gasteiger partial charge in [-0.3, -0.25) is 0 Å². The number of piperidine rings is 1. The minimum Gasteiger partial charge on any atom is -0.508 e. The van der Waals surface area contributed by atoms with Gasteiger partial charge in [0.05, 0.1) is 0 Å². The summed E-state index contributed by atoms with van der Waals surface area (Å²) in [6.07, 6.45) is 2.02. The molecule has 0 saturated carbocycles. The molecule has 1 aliphatic rings. The number of hydrogen-bond donors (Lipinski definition) is 2. The van der Waals surface area contributed by atoms with Crippen molar-refractivity contribution in [3.63, 3.8) is 0 Å². The van der Waals surface area contributed by atoms with Crippen LogP contribution in [-0.4, -0.2) is 35.7 Å². The highest BCUT2D eigenvalue weighted by molar-refractivity contribution is 5.33. The van der Waals surface area contributed by atoms with Gasteiger partial charge in [0.25, 0.3) is 0 Å². The van der Waals surface area contributed by atoms with Crippen molar-refractivity contribution in [3.8, 4) is 5.75 Å². The van der Waals surface area contributed by atoms with Gasteiger partial charge in [-0.2, -0.15) is 0 Å². The number of phenolic OH excluding ortho intramolecular Hbond substituents is 1. The molecule has 2 aromatic carbocycles. The molecule has 1 saturated heterocycles. The van der Waals surface area contributed by atoms with Crippen LogP contribution in [0.3, 0.4) is 0 Å². The van der Waals surface area contributed by atoms with Crippen LogP contribution in [0.15, 0.2) is 54.6 Å². The lowest BCUT2D eigenvalue weighted by Gasteiger charge is -2.45. The average Bonchev–Trinajstić information content (AvgIpc) is 2.59. The van der Waals surface area contributed by atoms with E-state index in [0.717, 1.165) is 32.5 Å². The third-order valence-corrected chi connectivity index (χ3v) is 5.91. The first kappa shape index (κ1) is 18.0. The van der Waals surface area contributed by atoms with Gasteiger partial charge in [0.2, 0.25) is 0 Å². The van der Waals surface area contributed by atoms with Gasteiger partial charge in [0.1, 0.15) is 5.75 Å². The van der Waals surface area contributed by atoms with Gasteiger partial charge in [0, 0.05) is 19.1 Å². The largest absolute Gasteiger partial charge is 0.508 e. The van der Waals surface area contributed by atoms with E-state index in [1.165, 1.54) is 11.1 Å². The summed E-state index contributed by atoms with van der Waals surface area (Å²) in [6, 6.07) is 18.4. The standard InChI is InChI=1S/C22H30N2O/c1-17-15-24(16-20(23)13-18-7-4-3-5-8-18)12-11-22(17,2)19-9-6-10-21(25)14-19/h3-10,14,17,20,25H,11-13,15-16,23H2,1-2H3/t17-,20+,22+/m0/s1. The Morgan fingerprint density at radius 2 is 1.96 bits per heavy atom. The zero-order valence-electron chi connectivity index (χ0n) is 15.4. The zero-order valence-corrected chi connectivity index (χ0v) is 15.4. The van der Waals surface area contributed by atoms with Crippen LogP contribution in [0.2, 0.25) is 0 Å². The summed E-state index contributed by atoms with van der Waals surface area (Å²) in [7, 11) is 0. The number of aromatic hydroxyl groups is 1. The van der Waals surface area contributed by atoms with E-state index in [9.17, 15) is 5.11 Å². The van der Waals surface area contributed by atoms with Gasteiger partial charge in [-0.15, -0.1) is 0 Å². The van der Waals surface area contributed by atoms with Crippen LogP contribution in [0.25, 0.3) is 0 Å². The maximum absolute atomic E-state index is 9.83. The highest BCUT2D eigenvalue weighted by atomic mass is 16.3. The van der Waals surface area contributed by atoms with Gasteiger partial charge in [-0.05, 0) is 54.0 Å². The second-order valence-electron chi connectivity index (χ2n) is 7.83. The Bertz CT molecular complexity index is 687. The Hall–Kier alpha value is -1.84. The average molecular weight is 338 g/mol. The normalized spacial score (nSPS) is 25.6. The maximum atomic E-state index is 9.83. The van der Waals surface area contributed by atoms with Crippen LogP contribution in [0.1, 0.15) is 31.4 Å². The van der Waals surface area contributed by atoms with Crippen LogP contribution in [0.4, 0.5) is 0 Å². The molecule has 0 amide bonds. The van der Waals surface area contributed by atoms with E-state index in [4.69, 9.17) is 5.73 Å². The molecule has 134 valence electrons. The summed E-state index contributed by atoms with van der Waals surface area (Å²) in [5.74, 6) is 0.880. The summed E-state index contributed by atoms with van der Waals surface area (Å²) >= 11 is 0. The molecule has 0 aliphatic carbocycles. The fourth-order valence-electron chi connectivity index (χ4n) is 4.09. The number of nitrogens with zero attached hydrogens (tertiary/aromatic N) is 1. The van der Waals surface area contributed by atoms with Crippen LogP contribution in [0.5, 0.6) is 5.75 Å². The lowest BCUT2D eigenvalue weighted by atomic mass is 9.68. The number of rotatable bonds is 5. The van der Waals surface area contributed by atoms with E-state index in [1.807, 2.05) is 18.2 Å². The predicted octanol–water partition coefficient (Wildman–Crippen LogP) is 3.56. The number of nitrogens with two attached hydrogens (primary N) is 1. The maximum Gasteiger partial charge on any atom is 0.115 e. The van der Waals surface area contributed by atoms with Crippen molar-refractivity contribution in [2.75, 3.05) is 19.6 Å². The zero-order chi connectivity index (χ0) is 17.9. The van der Waals surface area contributed by atoms with Crippen molar-refractivity contribution in [3.05, 3.63) is 65.7 Å². The Morgan fingerprint density at radius 1 is 1.20 bits per heavy atom. The van der Waals surface area contributed by atoms with E-state index in [-0.39, 0.29) is 11.5 Å². The van der Waals surface area contributed by atoms with Gasteiger partial charge >= 0.3 is 0 Å². The highest BCUT2D eigenvalue weighted by Gasteiger charge is 2.38. The molecule has 1 fully saturated rings. The molecule has 1 aliphatic heterocycles. The van der Waals surface area contributed by atoms with Gasteiger partial charge in [-0.25, -0.2) is 0 Å². The fraction of sp³-hybridized carbons (Fsp3) is 0.455. The molecular weight excluding hydrogens is 308 g/mol. The lowest BCUT2D eigenvalue weighted by Crippen LogP contribution is -2.50. The lowest BCUT2D eigenvalue weighted by molar-refractivity contribution is 0.106. The van der Waals surface area contributed by atoms with Gasteiger partial charge in [0.15, 0.2) is 0 Å². The number of phenols is 1. The Morgan fingerprint density at radius 3 is 2.64 bits per heavy atom. The molecule has 3 atom stereocenters. The third kappa shape index (κ3) is 4.23. The van der Waals surface area contributed by atoms with Crippen LogP contribution in [-0.2, 0) is 11.8 Å². The molecule has 1 heterocycles. The minimum absolute atomic E-state index is 0.110. The predicted molar refractivity (Wildman–Crippen MR) is 104 cm³/mol. The van der Waals surface area contributed by atoms with Crippen molar-refractivity contribution in [1.82, 2.24) is 4.90 Å². The topological polar surface area (TPSA) is 49.5 Å². The van der Waals surface area contributed by atoms with E-state index in [0.29, 0.717) is 11.7 Å². The Kier molecular flexibility index (Phi) is 5.45. The first-order valence-electron chi connectivity index (χ1n) is 9.29. The van der Waals surface area contributed by atoms with Crippen molar-refractivity contribution in [2.24, 2.45) is 11.7 Å². The van der Waals surface area contributed by atoms with E-state index in [2.05, 4.69) is 49.1 Å². The van der Waals surface area contributed by atoms with E-state index < -0.39 is 0 Å². The van der Waals surface area contributed by atoms with E-state index in [1.54, 1.807) is 6.07 Å². The van der Waals surface area contributed by atoms with Crippen molar-refractivity contribution < 1.29 is 5.11 Å². The SMILES string of the molecule is C[C@H]1CN(C[C@H](N)Cc2ccccc2)CC[C@@]1(C)c1cccc(O)c1. The van der Waals surface area contributed by atoms with E-state index >= 15 is 0 Å². The number of benzene rings is 2. The van der Waals surface area contributed by atoms with Gasteiger partial charge < -0.3 is 15.7 Å². The molecule has 3 heteroatoms. The van der Waals surface area contributed by atoms with Crippen LogP contribution < -0.4 is 5.73 Å². The Balaban J connectivity index is 1.60. The molecule has 3 rings (SSSR count). The Labute approximate surface area is 151 Å². The summed E-state index contributed by atoms with van der Waals surface area (Å²) in [4.78, 5) is 2.50. The first-order valence-corrected chi connectivity index (χ1v) is 9.29. The molecule has 25 heavy (non-hydrogen) atoms. The second-order valence-corrected chi connectivity index (χ2v) is 7.83. The molecule has 2 aromatic rings. The number of hydrogen-bond acceptors (Lipinski definition) is 3. The summed E-state index contributed by atoms with van der Waals surface area (Å²) in [5, 5.41) is 9.83. The fourth-order valence-corrected chi connectivity index (χ4v) is 4.09.